The zero-order chi connectivity index (χ0) is 29.6. The van der Waals surface area contributed by atoms with Gasteiger partial charge in [-0.2, -0.15) is 21.6 Å². The Morgan fingerprint density at radius 1 is 0.975 bits per heavy atom. The zero-order valence-electron chi connectivity index (χ0n) is 22.7. The first-order valence-corrected chi connectivity index (χ1v) is 14.0. The van der Waals surface area contributed by atoms with Crippen molar-refractivity contribution in [3.05, 3.63) is 83.9 Å². The Kier molecular flexibility index (Phi) is 9.73. The predicted octanol–water partition coefficient (Wildman–Crippen LogP) is 7.27. The van der Waals surface area contributed by atoms with E-state index in [0.717, 1.165) is 18.1 Å². The summed E-state index contributed by atoms with van der Waals surface area (Å²) in [6, 6.07) is 20.5. The zero-order valence-corrected chi connectivity index (χ0v) is 23.5. The largest absolute Gasteiger partial charge is 0.534 e. The van der Waals surface area contributed by atoms with Crippen LogP contribution in [0.2, 0.25) is 0 Å². The molecule has 40 heavy (non-hydrogen) atoms. The maximum atomic E-state index is 12.4. The van der Waals surface area contributed by atoms with Crippen molar-refractivity contribution >= 4 is 32.7 Å². The van der Waals surface area contributed by atoms with E-state index in [1.807, 2.05) is 39.0 Å². The van der Waals surface area contributed by atoms with E-state index in [4.69, 9.17) is 9.47 Å². The van der Waals surface area contributed by atoms with Gasteiger partial charge in [-0.1, -0.05) is 61.5 Å². The van der Waals surface area contributed by atoms with Crippen LogP contribution in [0.4, 0.5) is 18.0 Å². The Morgan fingerprint density at radius 2 is 1.62 bits per heavy atom. The summed E-state index contributed by atoms with van der Waals surface area (Å²) in [6.07, 6.45) is 1.79. The number of fused-ring (bicyclic) bond motifs is 2. The molecule has 1 aliphatic rings. The SMILES string of the molecule is CCCN(Cc1cccc2ccccc12)C(=O)OC(C)(C)C.O=S(=O)(OC1=CCOc2ccccc21)C(F)(F)F. The van der Waals surface area contributed by atoms with E-state index in [0.29, 0.717) is 13.1 Å². The van der Waals surface area contributed by atoms with Crippen molar-refractivity contribution in [3.8, 4) is 5.75 Å². The lowest BCUT2D eigenvalue weighted by Gasteiger charge is -2.27. The molecular formula is C29H32F3NO6S. The number of carbonyl (C=O) groups is 1. The van der Waals surface area contributed by atoms with E-state index in [1.165, 1.54) is 29.0 Å². The minimum Gasteiger partial charge on any atom is -0.489 e. The fourth-order valence-electron chi connectivity index (χ4n) is 3.82. The molecule has 0 saturated heterocycles. The second-order valence-corrected chi connectivity index (χ2v) is 11.4. The maximum Gasteiger partial charge on any atom is 0.534 e. The van der Waals surface area contributed by atoms with Crippen molar-refractivity contribution in [3.63, 3.8) is 0 Å². The molecule has 3 aromatic rings. The number of rotatable bonds is 6. The van der Waals surface area contributed by atoms with Gasteiger partial charge in [-0.15, -0.1) is 0 Å². The Labute approximate surface area is 232 Å². The highest BCUT2D eigenvalue weighted by Gasteiger charge is 2.49. The van der Waals surface area contributed by atoms with Crippen LogP contribution in [0.1, 0.15) is 45.2 Å². The average Bonchev–Trinajstić information content (AvgIpc) is 2.87. The minimum atomic E-state index is -5.66. The highest BCUT2D eigenvalue weighted by atomic mass is 32.2. The highest BCUT2D eigenvalue weighted by molar-refractivity contribution is 7.87. The van der Waals surface area contributed by atoms with Gasteiger partial charge < -0.3 is 18.6 Å². The number of para-hydroxylation sites is 1. The van der Waals surface area contributed by atoms with Gasteiger partial charge in [0.1, 0.15) is 18.0 Å². The van der Waals surface area contributed by atoms with Gasteiger partial charge in [-0.3, -0.25) is 0 Å². The molecule has 0 saturated carbocycles. The molecule has 0 bridgehead atoms. The number of amides is 1. The monoisotopic (exact) mass is 579 g/mol. The van der Waals surface area contributed by atoms with Gasteiger partial charge in [0, 0.05) is 13.1 Å². The average molecular weight is 580 g/mol. The van der Waals surface area contributed by atoms with Crippen molar-refractivity contribution in [2.45, 2.75) is 51.8 Å². The second-order valence-electron chi connectivity index (χ2n) is 9.90. The first kappa shape index (κ1) is 30.8. The molecule has 1 heterocycles. The third-order valence-electron chi connectivity index (χ3n) is 5.53. The molecule has 0 spiro atoms. The number of halogens is 3. The summed E-state index contributed by atoms with van der Waals surface area (Å²) in [5.41, 5.74) is -4.61. The summed E-state index contributed by atoms with van der Waals surface area (Å²) in [4.78, 5) is 14.2. The fraction of sp³-hybridized carbons (Fsp3) is 0.345. The van der Waals surface area contributed by atoms with Crippen LogP contribution >= 0.6 is 0 Å². The quantitative estimate of drug-likeness (QED) is 0.226. The van der Waals surface area contributed by atoms with E-state index >= 15 is 0 Å². The molecule has 0 fully saturated rings. The van der Waals surface area contributed by atoms with Crippen LogP contribution < -0.4 is 4.74 Å². The van der Waals surface area contributed by atoms with Gasteiger partial charge in [-0.25, -0.2) is 4.79 Å². The van der Waals surface area contributed by atoms with E-state index in [1.54, 1.807) is 11.0 Å². The maximum absolute atomic E-state index is 12.4. The molecule has 1 amide bonds. The molecule has 0 radical (unpaired) electrons. The van der Waals surface area contributed by atoms with Crippen LogP contribution in [0.3, 0.4) is 0 Å². The van der Waals surface area contributed by atoms with Crippen LogP contribution in [0.15, 0.2) is 72.8 Å². The number of ether oxygens (including phenoxy) is 2. The molecule has 11 heteroatoms. The standard InChI is InChI=1S/C19H25NO2.C10H7F3O4S/c1-5-13-20(18(21)22-19(2,3)4)14-16-11-8-10-15-9-6-7-12-17(15)16;11-10(12,13)18(14,15)17-9-5-6-16-8-4-2-1-3-7(8)9/h6-12H,5,13-14H2,1-4H3;1-5H,6H2. The van der Waals surface area contributed by atoms with Gasteiger partial charge in [0.05, 0.1) is 5.56 Å². The normalized spacial score (nSPS) is 13.2. The number of carbonyl (C=O) groups excluding carboxylic acids is 1. The minimum absolute atomic E-state index is 0.0558. The van der Waals surface area contributed by atoms with Gasteiger partial charge in [0.2, 0.25) is 0 Å². The summed E-state index contributed by atoms with van der Waals surface area (Å²) < 4.78 is 73.1. The van der Waals surface area contributed by atoms with E-state index < -0.39 is 21.2 Å². The summed E-state index contributed by atoms with van der Waals surface area (Å²) in [6.45, 7) is 8.97. The van der Waals surface area contributed by atoms with E-state index in [-0.39, 0.29) is 29.8 Å². The number of hydrogen-bond donors (Lipinski definition) is 0. The van der Waals surface area contributed by atoms with Crippen LogP contribution in [-0.2, 0) is 25.6 Å². The lowest BCUT2D eigenvalue weighted by Crippen LogP contribution is -2.36. The van der Waals surface area contributed by atoms with Crippen LogP contribution in [0, 0.1) is 0 Å². The summed E-state index contributed by atoms with van der Waals surface area (Å²) in [5, 5.41) is 2.38. The first-order valence-electron chi connectivity index (χ1n) is 12.6. The number of nitrogens with zero attached hydrogens (tertiary/aromatic N) is 1. The summed E-state index contributed by atoms with van der Waals surface area (Å²) in [7, 11) is -5.66. The van der Waals surface area contributed by atoms with E-state index in [2.05, 4.69) is 35.4 Å². The molecular weight excluding hydrogens is 547 g/mol. The molecule has 0 aliphatic carbocycles. The van der Waals surface area contributed by atoms with Crippen molar-refractivity contribution in [1.82, 2.24) is 4.90 Å². The lowest BCUT2D eigenvalue weighted by molar-refractivity contribution is -0.0509. The Balaban J connectivity index is 0.000000225. The molecule has 3 aromatic carbocycles. The van der Waals surface area contributed by atoms with Gasteiger partial charge in [0.25, 0.3) is 0 Å². The fourth-order valence-corrected chi connectivity index (χ4v) is 4.31. The Hall–Kier alpha value is -3.73. The van der Waals surface area contributed by atoms with Crippen LogP contribution in [0.25, 0.3) is 16.5 Å². The van der Waals surface area contributed by atoms with Crippen LogP contribution in [0.5, 0.6) is 5.75 Å². The number of hydrogen-bond acceptors (Lipinski definition) is 6. The molecule has 216 valence electrons. The van der Waals surface area contributed by atoms with Crippen molar-refractivity contribution in [1.29, 1.82) is 0 Å². The van der Waals surface area contributed by atoms with Crippen molar-refractivity contribution in [2.75, 3.05) is 13.2 Å². The third kappa shape index (κ3) is 8.14. The van der Waals surface area contributed by atoms with Crippen molar-refractivity contribution in [2.24, 2.45) is 0 Å². The third-order valence-corrected chi connectivity index (χ3v) is 6.50. The number of alkyl halides is 3. The van der Waals surface area contributed by atoms with Gasteiger partial charge in [-0.05, 0) is 61.7 Å². The molecule has 0 aromatic heterocycles. The summed E-state index contributed by atoms with van der Waals surface area (Å²) >= 11 is 0. The molecule has 0 unspecified atom stereocenters. The van der Waals surface area contributed by atoms with Gasteiger partial charge >= 0.3 is 21.7 Å². The molecule has 7 nitrogen and oxygen atoms in total. The van der Waals surface area contributed by atoms with Crippen LogP contribution in [-0.4, -0.2) is 43.7 Å². The molecule has 1 aliphatic heterocycles. The second kappa shape index (κ2) is 12.6. The Bertz CT molecular complexity index is 1460. The van der Waals surface area contributed by atoms with Gasteiger partial charge in [0.15, 0.2) is 5.76 Å². The Morgan fingerprint density at radius 3 is 2.30 bits per heavy atom. The molecule has 0 atom stereocenters. The highest BCUT2D eigenvalue weighted by Crippen LogP contribution is 2.35. The molecule has 4 rings (SSSR count). The number of benzene rings is 3. The van der Waals surface area contributed by atoms with Crippen molar-refractivity contribution < 1.29 is 40.0 Å². The lowest BCUT2D eigenvalue weighted by atomic mass is 10.0. The van der Waals surface area contributed by atoms with E-state index in [9.17, 15) is 26.4 Å². The molecule has 0 N–H and O–H groups in total. The summed E-state index contributed by atoms with van der Waals surface area (Å²) in [5.74, 6) is -0.110. The smallest absolute Gasteiger partial charge is 0.489 e. The predicted molar refractivity (Wildman–Crippen MR) is 147 cm³/mol. The topological polar surface area (TPSA) is 82.1 Å². The first-order chi connectivity index (χ1) is 18.7.